The predicted octanol–water partition coefficient (Wildman–Crippen LogP) is 5.31. The number of hydrogen-bond acceptors (Lipinski definition) is 2. The van der Waals surface area contributed by atoms with E-state index in [0.29, 0.717) is 17.3 Å². The van der Waals surface area contributed by atoms with Crippen LogP contribution in [0.2, 0.25) is 5.02 Å². The van der Waals surface area contributed by atoms with Gasteiger partial charge >= 0.3 is 0 Å². The van der Waals surface area contributed by atoms with Gasteiger partial charge in [-0.25, -0.2) is 0 Å². The van der Waals surface area contributed by atoms with Crippen molar-refractivity contribution >= 4 is 28.6 Å². The Balaban J connectivity index is 1.67. The maximum Gasteiger partial charge on any atom is 0.268 e. The summed E-state index contributed by atoms with van der Waals surface area (Å²) < 4.78 is 7.79. The first-order chi connectivity index (χ1) is 12.6. The van der Waals surface area contributed by atoms with Crippen molar-refractivity contribution < 1.29 is 9.21 Å². The normalized spacial score (nSPS) is 15.5. The summed E-state index contributed by atoms with van der Waals surface area (Å²) in [5.74, 6) is 0.817. The summed E-state index contributed by atoms with van der Waals surface area (Å²) in [6, 6.07) is 11.9. The van der Waals surface area contributed by atoms with Gasteiger partial charge < -0.3 is 14.3 Å². The van der Waals surface area contributed by atoms with Crippen molar-refractivity contribution in [3.63, 3.8) is 0 Å². The maximum absolute atomic E-state index is 12.9. The molecule has 136 valence electrons. The number of carbonyl (C=O) groups is 1. The molecule has 0 spiro atoms. The van der Waals surface area contributed by atoms with Gasteiger partial charge in [-0.3, -0.25) is 4.79 Å². The zero-order chi connectivity index (χ0) is 18.1. The molecule has 0 radical (unpaired) electrons. The largest absolute Gasteiger partial charge is 0.460 e. The van der Waals surface area contributed by atoms with Crippen molar-refractivity contribution in [1.82, 2.24) is 9.88 Å². The third-order valence-electron chi connectivity index (χ3n) is 5.12. The molecular formula is C21H23ClN2O2. The standard InChI is InChI=1S/C21H23ClN2O2/c1-14-10-18-20(26-14)12-19(21(25)23-17-8-3-2-4-9-17)24(18)13-15-6-5-7-16(22)11-15/h5-7,10-12,17H,2-4,8-9,13H2,1H3,(H,23,25). The molecule has 1 aliphatic carbocycles. The lowest BCUT2D eigenvalue weighted by Crippen LogP contribution is -2.37. The minimum absolute atomic E-state index is 0.0250. The second-order valence-electron chi connectivity index (χ2n) is 7.16. The van der Waals surface area contributed by atoms with Gasteiger partial charge in [-0.05, 0) is 37.5 Å². The number of halogens is 1. The van der Waals surface area contributed by atoms with E-state index < -0.39 is 0 Å². The lowest BCUT2D eigenvalue weighted by molar-refractivity contribution is 0.0919. The highest BCUT2D eigenvalue weighted by molar-refractivity contribution is 6.30. The Hall–Kier alpha value is -2.20. The summed E-state index contributed by atoms with van der Waals surface area (Å²) in [5.41, 5.74) is 3.39. The second-order valence-corrected chi connectivity index (χ2v) is 7.60. The molecule has 1 N–H and O–H groups in total. The molecule has 1 saturated carbocycles. The smallest absolute Gasteiger partial charge is 0.268 e. The molecule has 0 atom stereocenters. The number of furan rings is 1. The SMILES string of the molecule is Cc1cc2c(cc(C(=O)NC3CCCCC3)n2Cc2cccc(Cl)c2)o1. The molecule has 0 saturated heterocycles. The van der Waals surface area contributed by atoms with Crippen LogP contribution in [0.3, 0.4) is 0 Å². The lowest BCUT2D eigenvalue weighted by Gasteiger charge is -2.23. The van der Waals surface area contributed by atoms with Gasteiger partial charge in [-0.1, -0.05) is 43.0 Å². The van der Waals surface area contributed by atoms with E-state index in [0.717, 1.165) is 35.3 Å². The molecule has 4 rings (SSSR count). The monoisotopic (exact) mass is 370 g/mol. The minimum Gasteiger partial charge on any atom is -0.460 e. The lowest BCUT2D eigenvalue weighted by atomic mass is 9.95. The molecule has 0 aliphatic heterocycles. The van der Waals surface area contributed by atoms with E-state index in [9.17, 15) is 4.79 Å². The predicted molar refractivity (Wildman–Crippen MR) is 104 cm³/mol. The molecule has 0 unspecified atom stereocenters. The minimum atomic E-state index is -0.0250. The van der Waals surface area contributed by atoms with Gasteiger partial charge in [0.2, 0.25) is 0 Å². The molecule has 1 aliphatic rings. The van der Waals surface area contributed by atoms with Crippen molar-refractivity contribution in [3.05, 3.63) is 58.4 Å². The molecule has 26 heavy (non-hydrogen) atoms. The summed E-state index contributed by atoms with van der Waals surface area (Å²) in [6.45, 7) is 2.50. The number of hydrogen-bond donors (Lipinski definition) is 1. The van der Waals surface area contributed by atoms with Crippen LogP contribution in [0.5, 0.6) is 0 Å². The fourth-order valence-electron chi connectivity index (χ4n) is 3.85. The molecule has 4 nitrogen and oxygen atoms in total. The molecule has 2 heterocycles. The van der Waals surface area contributed by atoms with Crippen LogP contribution in [0, 0.1) is 6.92 Å². The average molecular weight is 371 g/mol. The summed E-state index contributed by atoms with van der Waals surface area (Å²) in [4.78, 5) is 12.9. The summed E-state index contributed by atoms with van der Waals surface area (Å²) in [5, 5.41) is 3.91. The van der Waals surface area contributed by atoms with E-state index in [4.69, 9.17) is 16.0 Å². The third kappa shape index (κ3) is 3.51. The molecule has 3 aromatic rings. The maximum atomic E-state index is 12.9. The zero-order valence-corrected chi connectivity index (χ0v) is 15.7. The van der Waals surface area contributed by atoms with Gasteiger partial charge in [0.05, 0.1) is 5.52 Å². The molecule has 1 fully saturated rings. The topological polar surface area (TPSA) is 47.2 Å². The van der Waals surface area contributed by atoms with E-state index >= 15 is 0 Å². The highest BCUT2D eigenvalue weighted by Crippen LogP contribution is 2.26. The number of nitrogens with zero attached hydrogens (tertiary/aromatic N) is 1. The Kier molecular flexibility index (Phi) is 4.77. The number of carbonyl (C=O) groups excluding carboxylic acids is 1. The van der Waals surface area contributed by atoms with Crippen LogP contribution < -0.4 is 5.32 Å². The molecule has 2 aromatic heterocycles. The quantitative estimate of drug-likeness (QED) is 0.676. The molecular weight excluding hydrogens is 348 g/mol. The van der Waals surface area contributed by atoms with Gasteiger partial charge in [0, 0.05) is 29.7 Å². The van der Waals surface area contributed by atoms with Crippen LogP contribution >= 0.6 is 11.6 Å². The van der Waals surface area contributed by atoms with Crippen molar-refractivity contribution in [2.75, 3.05) is 0 Å². The van der Waals surface area contributed by atoms with E-state index in [2.05, 4.69) is 5.32 Å². The molecule has 0 bridgehead atoms. The van der Waals surface area contributed by atoms with Gasteiger partial charge in [0.1, 0.15) is 11.5 Å². The van der Waals surface area contributed by atoms with Gasteiger partial charge in [-0.15, -0.1) is 0 Å². The molecule has 5 heteroatoms. The Morgan fingerprint density at radius 1 is 1.23 bits per heavy atom. The van der Waals surface area contributed by atoms with Crippen molar-refractivity contribution in [1.29, 1.82) is 0 Å². The van der Waals surface area contributed by atoms with Crippen LogP contribution in [-0.4, -0.2) is 16.5 Å². The Morgan fingerprint density at radius 3 is 2.81 bits per heavy atom. The van der Waals surface area contributed by atoms with Crippen molar-refractivity contribution in [3.8, 4) is 0 Å². The van der Waals surface area contributed by atoms with E-state index in [1.807, 2.05) is 47.9 Å². The molecule has 1 amide bonds. The van der Waals surface area contributed by atoms with Crippen molar-refractivity contribution in [2.24, 2.45) is 0 Å². The Bertz CT molecular complexity index is 935. The fraction of sp³-hybridized carbons (Fsp3) is 0.381. The van der Waals surface area contributed by atoms with Crippen LogP contribution in [0.1, 0.15) is 53.9 Å². The summed E-state index contributed by atoms with van der Waals surface area (Å²) >= 11 is 6.13. The van der Waals surface area contributed by atoms with Crippen LogP contribution in [0.25, 0.3) is 11.1 Å². The number of aromatic nitrogens is 1. The van der Waals surface area contributed by atoms with Crippen LogP contribution in [0.4, 0.5) is 0 Å². The Morgan fingerprint density at radius 2 is 2.04 bits per heavy atom. The first kappa shape index (κ1) is 17.2. The summed E-state index contributed by atoms with van der Waals surface area (Å²) in [6.07, 6.45) is 5.78. The number of rotatable bonds is 4. The average Bonchev–Trinajstić information content (AvgIpc) is 3.13. The van der Waals surface area contributed by atoms with Gasteiger partial charge in [-0.2, -0.15) is 0 Å². The zero-order valence-electron chi connectivity index (χ0n) is 14.9. The first-order valence-electron chi connectivity index (χ1n) is 9.25. The summed E-state index contributed by atoms with van der Waals surface area (Å²) in [7, 11) is 0. The van der Waals surface area contributed by atoms with Gasteiger partial charge in [0.25, 0.3) is 5.91 Å². The van der Waals surface area contributed by atoms with E-state index in [1.165, 1.54) is 19.3 Å². The van der Waals surface area contributed by atoms with Crippen LogP contribution in [-0.2, 0) is 6.54 Å². The third-order valence-corrected chi connectivity index (χ3v) is 5.35. The van der Waals surface area contributed by atoms with Crippen LogP contribution in [0.15, 0.2) is 40.8 Å². The Labute approximate surface area is 158 Å². The highest BCUT2D eigenvalue weighted by atomic mass is 35.5. The van der Waals surface area contributed by atoms with E-state index in [-0.39, 0.29) is 11.9 Å². The van der Waals surface area contributed by atoms with E-state index in [1.54, 1.807) is 0 Å². The number of fused-ring (bicyclic) bond motifs is 1. The number of amides is 1. The number of benzene rings is 1. The number of aryl methyl sites for hydroxylation is 1. The molecule has 1 aromatic carbocycles. The first-order valence-corrected chi connectivity index (χ1v) is 9.63. The number of nitrogens with one attached hydrogen (secondary N) is 1. The van der Waals surface area contributed by atoms with Gasteiger partial charge in [0.15, 0.2) is 5.58 Å². The highest BCUT2D eigenvalue weighted by Gasteiger charge is 2.22. The fourth-order valence-corrected chi connectivity index (χ4v) is 4.06. The van der Waals surface area contributed by atoms with Crippen molar-refractivity contribution in [2.45, 2.75) is 51.6 Å². The second kappa shape index (κ2) is 7.20.